The number of aliphatic hydroxyl groups is 3. The topological polar surface area (TPSA) is 206 Å². The molecule has 0 bridgehead atoms. The second-order valence-electron chi connectivity index (χ2n) is 17.2. The van der Waals surface area contributed by atoms with E-state index in [0.717, 1.165) is 6.29 Å². The molecule has 3 aliphatic heterocycles. The van der Waals surface area contributed by atoms with Crippen LogP contribution in [0.2, 0.25) is 0 Å². The molecule has 2 fully saturated rings. The molecule has 3 aliphatic rings. The van der Waals surface area contributed by atoms with Crippen LogP contribution in [0.1, 0.15) is 100 Å². The highest BCUT2D eigenvalue weighted by Crippen LogP contribution is 2.38. The maximum Gasteiger partial charge on any atom is 0.309 e. The predicted molar refractivity (Wildman–Crippen MR) is 214 cm³/mol. The number of cyclic esters (lactones) is 1. The summed E-state index contributed by atoms with van der Waals surface area (Å²) in [5.74, 6) is -2.72. The van der Waals surface area contributed by atoms with Crippen LogP contribution < -0.4 is 0 Å². The molecule has 3 N–H and O–H groups in total. The molecule has 16 heteroatoms. The molecule has 0 aliphatic carbocycles. The van der Waals surface area contributed by atoms with Gasteiger partial charge in [0.05, 0.1) is 36.9 Å². The summed E-state index contributed by atoms with van der Waals surface area (Å²) < 4.78 is 48.9. The van der Waals surface area contributed by atoms with E-state index < -0.39 is 121 Å². The van der Waals surface area contributed by atoms with Crippen LogP contribution in [0.4, 0.5) is 0 Å². The van der Waals surface area contributed by atoms with Gasteiger partial charge in [0.25, 0.3) is 0 Å². The van der Waals surface area contributed by atoms with Crippen LogP contribution in [0, 0.1) is 17.8 Å². The van der Waals surface area contributed by atoms with Crippen LogP contribution in [0.3, 0.4) is 0 Å². The minimum atomic E-state index is -1.50. The molecule has 0 aromatic heterocycles. The molecule has 2 saturated heterocycles. The first-order valence-corrected chi connectivity index (χ1v) is 21.0. The summed E-state index contributed by atoms with van der Waals surface area (Å²) >= 11 is 0. The van der Waals surface area contributed by atoms with Crippen LogP contribution in [0.15, 0.2) is 24.3 Å². The lowest BCUT2D eigenvalue weighted by Gasteiger charge is -2.50. The van der Waals surface area contributed by atoms with E-state index in [0.29, 0.717) is 6.42 Å². The van der Waals surface area contributed by atoms with Crippen molar-refractivity contribution in [1.82, 2.24) is 4.90 Å². The Labute approximate surface area is 349 Å². The molecule has 3 rings (SSSR count). The lowest BCUT2D eigenvalue weighted by Crippen LogP contribution is -2.66. The van der Waals surface area contributed by atoms with E-state index in [2.05, 4.69) is 0 Å². The van der Waals surface area contributed by atoms with Crippen LogP contribution in [-0.2, 0) is 57.1 Å². The van der Waals surface area contributed by atoms with E-state index in [9.17, 15) is 34.5 Å². The summed E-state index contributed by atoms with van der Waals surface area (Å²) in [6.07, 6.45) is -4.07. The Kier molecular flexibility index (Phi) is 20.1. The fraction of sp³-hybridized carbons (Fsp3) is 0.814. The standard InChI is InChI=1S/C43H71NO15/c1-12-32(47)56-31-22-34(49)53-26(5)16-14-13-15-17-30(46)25(4)21-29(18-19-45)39(40(31)52-11)59-42-37(50)36(44(9)10)38(27(6)55-42)58-35-23-43(8,51)41(28(7)54-35)57-33(48)20-24(2)3/h13-15,17,19,24-31,35-42,46,50-51H,12,16,18,20-23H2,1-11H3/b14-13+,17-15-/t25-,26-,27-,28+,29?,30+,31?,35+,36-,37-,38-,39+,40+,41+,42+,43-/m1/s1. The first kappa shape index (κ1) is 50.6. The van der Waals surface area contributed by atoms with Gasteiger partial charge in [0, 0.05) is 39.2 Å². The monoisotopic (exact) mass is 841 g/mol. The van der Waals surface area contributed by atoms with Crippen LogP contribution in [0.5, 0.6) is 0 Å². The van der Waals surface area contributed by atoms with Gasteiger partial charge in [0.2, 0.25) is 0 Å². The number of hydrogen-bond donors (Lipinski definition) is 3. The van der Waals surface area contributed by atoms with Gasteiger partial charge < -0.3 is 62.9 Å². The van der Waals surface area contributed by atoms with Crippen molar-refractivity contribution < 1.29 is 72.4 Å². The Morgan fingerprint density at radius 1 is 1.00 bits per heavy atom. The zero-order chi connectivity index (χ0) is 44.2. The number of esters is 3. The highest BCUT2D eigenvalue weighted by Gasteiger charge is 2.53. The number of nitrogens with zero attached hydrogens (tertiary/aromatic N) is 1. The fourth-order valence-electron chi connectivity index (χ4n) is 8.12. The third-order valence-electron chi connectivity index (χ3n) is 11.2. The molecule has 16 atom stereocenters. The number of hydrogen-bond acceptors (Lipinski definition) is 16. The van der Waals surface area contributed by atoms with E-state index >= 15 is 0 Å². The SMILES string of the molecule is CCC(=O)OC1CC(=O)O[C@H](C)C/C=C/C=C\[C@H](O)[C@H](C)CC(CC=O)[C@H](O[C@@H]2O[C@H](C)[C@@H](O[C@H]3C[C@@](C)(O)[C@@H](OC(=O)CC(C)C)[C@H](C)O3)[C@H](N(C)C)[C@H]2O)[C@H]1OC. The number of rotatable bonds is 13. The Morgan fingerprint density at radius 3 is 2.29 bits per heavy atom. The molecular formula is C43H71NO15. The van der Waals surface area contributed by atoms with Crippen LogP contribution >= 0.6 is 0 Å². The number of methoxy groups -OCH3 is 1. The van der Waals surface area contributed by atoms with Gasteiger partial charge in [-0.05, 0) is 66.0 Å². The normalized spacial score (nSPS) is 40.2. The van der Waals surface area contributed by atoms with Crippen molar-refractivity contribution >= 4 is 24.2 Å². The molecule has 0 radical (unpaired) electrons. The van der Waals surface area contributed by atoms with Crippen molar-refractivity contribution in [3.8, 4) is 0 Å². The highest BCUT2D eigenvalue weighted by molar-refractivity contribution is 5.72. The zero-order valence-corrected chi connectivity index (χ0v) is 36.8. The number of carbonyl (C=O) groups is 4. The second-order valence-corrected chi connectivity index (χ2v) is 17.2. The summed E-state index contributed by atoms with van der Waals surface area (Å²) in [6, 6.07) is -0.782. The van der Waals surface area contributed by atoms with Crippen LogP contribution in [-0.4, -0.2) is 151 Å². The maximum atomic E-state index is 13.3. The van der Waals surface area contributed by atoms with E-state index in [4.69, 9.17) is 37.9 Å². The Bertz CT molecular complexity index is 1400. The molecule has 59 heavy (non-hydrogen) atoms. The van der Waals surface area contributed by atoms with E-state index in [-0.39, 0.29) is 38.0 Å². The fourth-order valence-corrected chi connectivity index (χ4v) is 8.12. The predicted octanol–water partition coefficient (Wildman–Crippen LogP) is 3.40. The molecule has 16 nitrogen and oxygen atoms in total. The second kappa shape index (κ2) is 23.4. The lowest BCUT2D eigenvalue weighted by molar-refractivity contribution is -0.344. The Hall–Kier alpha value is -2.80. The van der Waals surface area contributed by atoms with E-state index in [1.54, 1.807) is 71.8 Å². The summed E-state index contributed by atoms with van der Waals surface area (Å²) in [6.45, 7) is 14.0. The van der Waals surface area contributed by atoms with Crippen molar-refractivity contribution in [3.63, 3.8) is 0 Å². The smallest absolute Gasteiger partial charge is 0.309 e. The third kappa shape index (κ3) is 14.7. The lowest BCUT2D eigenvalue weighted by atomic mass is 9.82. The Morgan fingerprint density at radius 2 is 1.69 bits per heavy atom. The molecule has 0 amide bonds. The molecule has 3 heterocycles. The number of likely N-dealkylation sites (N-methyl/N-ethyl adjacent to an activating group) is 1. The minimum absolute atomic E-state index is 0.00123. The molecule has 0 spiro atoms. The molecule has 0 saturated carbocycles. The van der Waals surface area contributed by atoms with Gasteiger partial charge in [-0.25, -0.2) is 0 Å². The first-order valence-electron chi connectivity index (χ1n) is 21.0. The van der Waals surface area contributed by atoms with Crippen LogP contribution in [0.25, 0.3) is 0 Å². The van der Waals surface area contributed by atoms with Gasteiger partial charge in [-0.1, -0.05) is 52.0 Å². The van der Waals surface area contributed by atoms with Crippen molar-refractivity contribution in [3.05, 3.63) is 24.3 Å². The molecule has 2 unspecified atom stereocenters. The van der Waals surface area contributed by atoms with Crippen molar-refractivity contribution in [2.45, 2.75) is 186 Å². The summed E-state index contributed by atoms with van der Waals surface area (Å²) in [5.41, 5.74) is -1.50. The first-order chi connectivity index (χ1) is 27.7. The molecule has 0 aromatic rings. The van der Waals surface area contributed by atoms with Gasteiger partial charge >= 0.3 is 17.9 Å². The average molecular weight is 842 g/mol. The largest absolute Gasteiger partial charge is 0.462 e. The van der Waals surface area contributed by atoms with Gasteiger partial charge in [0.15, 0.2) is 18.7 Å². The third-order valence-corrected chi connectivity index (χ3v) is 11.2. The van der Waals surface area contributed by atoms with E-state index in [1.807, 2.05) is 26.8 Å². The number of aliphatic hydroxyl groups excluding tert-OH is 2. The summed E-state index contributed by atoms with van der Waals surface area (Å²) in [4.78, 5) is 52.8. The number of carbonyl (C=O) groups excluding carboxylic acids is 4. The number of allylic oxidation sites excluding steroid dienone is 2. The molecular weight excluding hydrogens is 770 g/mol. The van der Waals surface area contributed by atoms with Crippen molar-refractivity contribution in [1.29, 1.82) is 0 Å². The van der Waals surface area contributed by atoms with Gasteiger partial charge in [-0.15, -0.1) is 0 Å². The summed E-state index contributed by atoms with van der Waals surface area (Å²) in [7, 11) is 4.87. The van der Waals surface area contributed by atoms with Gasteiger partial charge in [0.1, 0.15) is 42.4 Å². The van der Waals surface area contributed by atoms with Gasteiger partial charge in [-0.3, -0.25) is 14.4 Å². The summed E-state index contributed by atoms with van der Waals surface area (Å²) in [5, 5.41) is 34.7. The molecule has 338 valence electrons. The minimum Gasteiger partial charge on any atom is -0.462 e. The van der Waals surface area contributed by atoms with Gasteiger partial charge in [-0.2, -0.15) is 0 Å². The highest BCUT2D eigenvalue weighted by atomic mass is 16.7. The Balaban J connectivity index is 1.99. The quantitative estimate of drug-likeness (QED) is 0.138. The zero-order valence-electron chi connectivity index (χ0n) is 36.8. The number of ether oxygens (including phenoxy) is 8. The maximum absolute atomic E-state index is 13.3. The average Bonchev–Trinajstić information content (AvgIpc) is 3.13. The number of aldehydes is 1. The van der Waals surface area contributed by atoms with Crippen molar-refractivity contribution in [2.75, 3.05) is 21.2 Å². The van der Waals surface area contributed by atoms with Crippen molar-refractivity contribution in [2.24, 2.45) is 17.8 Å². The van der Waals surface area contributed by atoms with E-state index in [1.165, 1.54) is 7.11 Å². The molecule has 0 aromatic carbocycles.